The summed E-state index contributed by atoms with van der Waals surface area (Å²) in [6.07, 6.45) is -1.42. The number of hydrogen-bond acceptors (Lipinski definition) is 5. The largest absolute Gasteiger partial charge is 0.481 e. The van der Waals surface area contributed by atoms with Crippen LogP contribution in [0.1, 0.15) is 18.4 Å². The van der Waals surface area contributed by atoms with Gasteiger partial charge in [0.25, 0.3) is 11.8 Å². The van der Waals surface area contributed by atoms with Gasteiger partial charge in [-0.2, -0.15) is 5.06 Å². The Kier molecular flexibility index (Phi) is 3.82. The Morgan fingerprint density at radius 3 is 2.55 bits per heavy atom. The normalized spacial score (nSPS) is 22.4. The molecule has 7 heteroatoms. The number of rotatable bonds is 5. The van der Waals surface area contributed by atoms with Crippen LogP contribution in [0.3, 0.4) is 0 Å². The lowest BCUT2D eigenvalue weighted by molar-refractivity contribution is -0.197. The third-order valence-electron chi connectivity index (χ3n) is 2.90. The molecule has 7 nitrogen and oxygen atoms in total. The number of hydroxylamine groups is 2. The number of hydrogen-bond donors (Lipinski definition) is 2. The zero-order valence-electron chi connectivity index (χ0n) is 10.5. The van der Waals surface area contributed by atoms with Crippen LogP contribution in [-0.2, 0) is 25.8 Å². The second-order valence-corrected chi connectivity index (χ2v) is 4.53. The van der Waals surface area contributed by atoms with Gasteiger partial charge in [-0.3, -0.25) is 19.2 Å². The summed E-state index contributed by atoms with van der Waals surface area (Å²) in [7, 11) is 0. The standard InChI is InChI=1S/C13H13NO6/c15-10-6-13(19,7-11(16)17)12(18)14(10)20-8-9-4-2-1-3-5-9/h1-5,19H,6-8H2,(H,16,17)/t13-/m1/s1. The van der Waals surface area contributed by atoms with Crippen LogP contribution < -0.4 is 0 Å². The molecule has 1 saturated heterocycles. The predicted octanol–water partition coefficient (Wildman–Crippen LogP) is 0.0829. The highest BCUT2D eigenvalue weighted by Crippen LogP contribution is 2.28. The topological polar surface area (TPSA) is 104 Å². The average Bonchev–Trinajstić information content (AvgIpc) is 2.58. The van der Waals surface area contributed by atoms with Crippen molar-refractivity contribution in [2.45, 2.75) is 25.0 Å². The third kappa shape index (κ3) is 2.84. The fraction of sp³-hybridized carbons (Fsp3) is 0.308. The molecule has 2 amide bonds. The minimum absolute atomic E-state index is 0.0263. The SMILES string of the molecule is O=C(O)C[C@]1(O)CC(=O)N(OCc2ccccc2)C1=O. The summed E-state index contributed by atoms with van der Waals surface area (Å²) in [6.45, 7) is -0.0263. The number of carbonyl (C=O) groups excluding carboxylic acids is 2. The van der Waals surface area contributed by atoms with Crippen molar-refractivity contribution in [3.05, 3.63) is 35.9 Å². The Hall–Kier alpha value is -2.25. The summed E-state index contributed by atoms with van der Waals surface area (Å²) in [6, 6.07) is 8.84. The smallest absolute Gasteiger partial charge is 0.306 e. The van der Waals surface area contributed by atoms with Crippen molar-refractivity contribution in [1.29, 1.82) is 0 Å². The van der Waals surface area contributed by atoms with Gasteiger partial charge in [-0.05, 0) is 5.56 Å². The Morgan fingerprint density at radius 2 is 1.95 bits per heavy atom. The summed E-state index contributed by atoms with van der Waals surface area (Å²) in [5, 5.41) is 19.0. The van der Waals surface area contributed by atoms with Gasteiger partial charge in [0.2, 0.25) is 0 Å². The van der Waals surface area contributed by atoms with Gasteiger partial charge < -0.3 is 10.2 Å². The van der Waals surface area contributed by atoms with E-state index >= 15 is 0 Å². The molecule has 1 aliphatic heterocycles. The number of aliphatic carboxylic acids is 1. The Labute approximate surface area is 114 Å². The van der Waals surface area contributed by atoms with E-state index < -0.39 is 36.2 Å². The van der Waals surface area contributed by atoms with Crippen LogP contribution in [0.4, 0.5) is 0 Å². The summed E-state index contributed by atoms with van der Waals surface area (Å²) < 4.78 is 0. The Balaban J connectivity index is 2.04. The molecule has 1 heterocycles. The second kappa shape index (κ2) is 5.40. The molecule has 1 aliphatic rings. The molecule has 0 aliphatic carbocycles. The van der Waals surface area contributed by atoms with E-state index in [1.165, 1.54) is 0 Å². The number of carbonyl (C=O) groups is 3. The van der Waals surface area contributed by atoms with Crippen molar-refractivity contribution in [2.24, 2.45) is 0 Å². The van der Waals surface area contributed by atoms with Crippen LogP contribution in [-0.4, -0.2) is 38.7 Å². The minimum atomic E-state index is -2.22. The lowest BCUT2D eigenvalue weighted by Crippen LogP contribution is -2.41. The van der Waals surface area contributed by atoms with Crippen LogP contribution in [0.5, 0.6) is 0 Å². The first-order valence-corrected chi connectivity index (χ1v) is 5.91. The Bertz CT molecular complexity index is 543. The number of nitrogens with zero attached hydrogens (tertiary/aromatic N) is 1. The molecule has 0 saturated carbocycles. The van der Waals surface area contributed by atoms with E-state index in [1.54, 1.807) is 30.3 Å². The molecule has 20 heavy (non-hydrogen) atoms. The third-order valence-corrected chi connectivity index (χ3v) is 2.90. The molecule has 0 aromatic heterocycles. The quantitative estimate of drug-likeness (QED) is 0.740. The van der Waals surface area contributed by atoms with Crippen LogP contribution >= 0.6 is 0 Å². The lowest BCUT2D eigenvalue weighted by atomic mass is 9.98. The molecule has 2 rings (SSSR count). The molecule has 1 aromatic carbocycles. The van der Waals surface area contributed by atoms with Crippen molar-refractivity contribution in [2.75, 3.05) is 0 Å². The number of amides is 2. The summed E-state index contributed by atoms with van der Waals surface area (Å²) >= 11 is 0. The van der Waals surface area contributed by atoms with E-state index in [9.17, 15) is 19.5 Å². The van der Waals surface area contributed by atoms with Crippen LogP contribution in [0.25, 0.3) is 0 Å². The predicted molar refractivity (Wildman–Crippen MR) is 64.9 cm³/mol. The molecule has 2 N–H and O–H groups in total. The maximum atomic E-state index is 11.9. The van der Waals surface area contributed by atoms with E-state index in [2.05, 4.69) is 0 Å². The van der Waals surface area contributed by atoms with Crippen LogP contribution in [0, 0.1) is 0 Å². The maximum absolute atomic E-state index is 11.9. The summed E-state index contributed by atoms with van der Waals surface area (Å²) in [5.74, 6) is -3.16. The molecule has 1 atom stereocenters. The van der Waals surface area contributed by atoms with Crippen molar-refractivity contribution in [3.63, 3.8) is 0 Å². The van der Waals surface area contributed by atoms with Gasteiger partial charge in [0, 0.05) is 0 Å². The van der Waals surface area contributed by atoms with Crippen LogP contribution in [0.15, 0.2) is 30.3 Å². The first-order valence-electron chi connectivity index (χ1n) is 5.91. The fourth-order valence-corrected chi connectivity index (χ4v) is 1.93. The number of aliphatic hydroxyl groups is 1. The zero-order chi connectivity index (χ0) is 14.8. The molecule has 0 unspecified atom stereocenters. The molecule has 0 radical (unpaired) electrons. The highest BCUT2D eigenvalue weighted by atomic mass is 16.7. The minimum Gasteiger partial charge on any atom is -0.481 e. The highest BCUT2D eigenvalue weighted by Gasteiger charge is 2.52. The van der Waals surface area contributed by atoms with E-state index in [1.807, 2.05) is 0 Å². The van der Waals surface area contributed by atoms with Gasteiger partial charge in [-0.25, -0.2) is 0 Å². The average molecular weight is 279 g/mol. The van der Waals surface area contributed by atoms with Crippen molar-refractivity contribution < 1.29 is 29.4 Å². The highest BCUT2D eigenvalue weighted by molar-refractivity contribution is 6.07. The summed E-state index contributed by atoms with van der Waals surface area (Å²) in [5.41, 5.74) is -1.48. The molecule has 1 fully saturated rings. The second-order valence-electron chi connectivity index (χ2n) is 4.53. The molecular weight excluding hydrogens is 266 g/mol. The molecule has 0 spiro atoms. The molecule has 0 bridgehead atoms. The Morgan fingerprint density at radius 1 is 1.30 bits per heavy atom. The van der Waals surface area contributed by atoms with Gasteiger partial charge in [-0.15, -0.1) is 0 Å². The van der Waals surface area contributed by atoms with Gasteiger partial charge in [0.05, 0.1) is 12.8 Å². The van der Waals surface area contributed by atoms with Gasteiger partial charge in [-0.1, -0.05) is 30.3 Å². The molecule has 1 aromatic rings. The van der Waals surface area contributed by atoms with Crippen molar-refractivity contribution >= 4 is 17.8 Å². The monoisotopic (exact) mass is 279 g/mol. The summed E-state index contributed by atoms with van der Waals surface area (Å²) in [4.78, 5) is 39.2. The number of carboxylic acids is 1. The van der Waals surface area contributed by atoms with Crippen molar-refractivity contribution in [1.82, 2.24) is 5.06 Å². The van der Waals surface area contributed by atoms with Crippen LogP contribution in [0.2, 0.25) is 0 Å². The first-order chi connectivity index (χ1) is 9.42. The van der Waals surface area contributed by atoms with Gasteiger partial charge >= 0.3 is 5.97 Å². The van der Waals surface area contributed by atoms with Gasteiger partial charge in [0.1, 0.15) is 6.61 Å². The maximum Gasteiger partial charge on any atom is 0.306 e. The first kappa shape index (κ1) is 14.2. The van der Waals surface area contributed by atoms with Gasteiger partial charge in [0.15, 0.2) is 5.60 Å². The number of imide groups is 1. The lowest BCUT2D eigenvalue weighted by Gasteiger charge is -2.18. The number of carboxylic acid groups (broad SMARTS) is 1. The fourth-order valence-electron chi connectivity index (χ4n) is 1.93. The van der Waals surface area contributed by atoms with E-state index in [0.29, 0.717) is 5.06 Å². The van der Waals surface area contributed by atoms with E-state index in [-0.39, 0.29) is 6.61 Å². The van der Waals surface area contributed by atoms with Crippen molar-refractivity contribution in [3.8, 4) is 0 Å². The van der Waals surface area contributed by atoms with E-state index in [4.69, 9.17) is 9.94 Å². The number of benzene rings is 1. The zero-order valence-corrected chi connectivity index (χ0v) is 10.5. The molecule has 106 valence electrons. The molecular formula is C13H13NO6. The van der Waals surface area contributed by atoms with E-state index in [0.717, 1.165) is 5.56 Å².